The van der Waals surface area contributed by atoms with Crippen LogP contribution in [0.1, 0.15) is 36.4 Å². The third-order valence-corrected chi connectivity index (χ3v) is 2.74. The summed E-state index contributed by atoms with van der Waals surface area (Å²) in [4.78, 5) is 11.8. The maximum atomic E-state index is 11.8. The van der Waals surface area contributed by atoms with E-state index in [1.54, 1.807) is 12.3 Å². The Morgan fingerprint density at radius 3 is 3.00 bits per heavy atom. The second-order valence-electron chi connectivity index (χ2n) is 3.90. The highest BCUT2D eigenvalue weighted by Crippen LogP contribution is 2.11. The van der Waals surface area contributed by atoms with Gasteiger partial charge in [-0.25, -0.2) is 0 Å². The maximum absolute atomic E-state index is 11.8. The molecule has 0 aliphatic heterocycles. The van der Waals surface area contributed by atoms with E-state index in [0.717, 1.165) is 18.6 Å². The molecule has 0 radical (unpaired) electrons. The van der Waals surface area contributed by atoms with Gasteiger partial charge in [0.25, 0.3) is 5.91 Å². The van der Waals surface area contributed by atoms with Gasteiger partial charge in [0.2, 0.25) is 0 Å². The molecule has 1 aromatic heterocycles. The number of furan rings is 1. The molecule has 1 unspecified atom stereocenters. The molecule has 0 fully saturated rings. The van der Waals surface area contributed by atoms with Crippen LogP contribution < -0.4 is 5.32 Å². The topological polar surface area (TPSA) is 42.2 Å². The molecule has 16 heavy (non-hydrogen) atoms. The maximum Gasteiger partial charge on any atom is 0.254 e. The zero-order valence-corrected chi connectivity index (χ0v) is 10.5. The molecular weight excluding hydrogens is 226 g/mol. The van der Waals surface area contributed by atoms with E-state index in [9.17, 15) is 4.79 Å². The quantitative estimate of drug-likeness (QED) is 0.781. The normalized spacial score (nSPS) is 12.4. The predicted molar refractivity (Wildman–Crippen MR) is 64.9 cm³/mol. The fourth-order valence-electron chi connectivity index (χ4n) is 1.47. The summed E-state index contributed by atoms with van der Waals surface area (Å²) in [5.41, 5.74) is 0.639. The fourth-order valence-corrected chi connectivity index (χ4v) is 1.84. The lowest BCUT2D eigenvalue weighted by Crippen LogP contribution is -2.28. The molecule has 0 aliphatic carbocycles. The standard InChI is InChI=1S/C12H18ClNO2/c1-3-11-10(5-7-16-11)12(15)14-8-9(2)4-6-13/h5,7,9H,3-4,6,8H2,1-2H3,(H,14,15). The van der Waals surface area contributed by atoms with Gasteiger partial charge in [-0.15, -0.1) is 11.6 Å². The summed E-state index contributed by atoms with van der Waals surface area (Å²) < 4.78 is 5.21. The van der Waals surface area contributed by atoms with Crippen molar-refractivity contribution in [1.29, 1.82) is 0 Å². The van der Waals surface area contributed by atoms with Gasteiger partial charge in [0.05, 0.1) is 11.8 Å². The van der Waals surface area contributed by atoms with Crippen molar-refractivity contribution < 1.29 is 9.21 Å². The van der Waals surface area contributed by atoms with Gasteiger partial charge in [-0.3, -0.25) is 4.79 Å². The molecule has 1 aromatic rings. The Labute approximate surface area is 101 Å². The van der Waals surface area contributed by atoms with Crippen molar-refractivity contribution in [2.45, 2.75) is 26.7 Å². The van der Waals surface area contributed by atoms with Crippen LogP contribution in [0.2, 0.25) is 0 Å². The van der Waals surface area contributed by atoms with Crippen LogP contribution in [-0.2, 0) is 6.42 Å². The lowest BCUT2D eigenvalue weighted by Gasteiger charge is -2.10. The van der Waals surface area contributed by atoms with Gasteiger partial charge in [-0.2, -0.15) is 0 Å². The smallest absolute Gasteiger partial charge is 0.254 e. The Bertz CT molecular complexity index is 336. The van der Waals surface area contributed by atoms with Crippen LogP contribution in [0.15, 0.2) is 16.7 Å². The largest absolute Gasteiger partial charge is 0.469 e. The molecule has 1 heterocycles. The lowest BCUT2D eigenvalue weighted by atomic mass is 10.1. The number of hydrogen-bond donors (Lipinski definition) is 1. The van der Waals surface area contributed by atoms with Gasteiger partial charge in [0.1, 0.15) is 5.76 Å². The molecular formula is C12H18ClNO2. The van der Waals surface area contributed by atoms with E-state index in [2.05, 4.69) is 12.2 Å². The highest BCUT2D eigenvalue weighted by atomic mass is 35.5. The molecule has 0 saturated carbocycles. The molecule has 0 bridgehead atoms. The molecule has 0 spiro atoms. The van der Waals surface area contributed by atoms with Crippen LogP contribution in [0.5, 0.6) is 0 Å². The van der Waals surface area contributed by atoms with Crippen molar-refractivity contribution in [3.63, 3.8) is 0 Å². The van der Waals surface area contributed by atoms with Gasteiger partial charge < -0.3 is 9.73 Å². The van der Waals surface area contributed by atoms with Crippen molar-refractivity contribution >= 4 is 17.5 Å². The molecule has 1 rings (SSSR count). The zero-order valence-electron chi connectivity index (χ0n) is 9.75. The second kappa shape index (κ2) is 6.59. The average Bonchev–Trinajstić information content (AvgIpc) is 2.74. The number of nitrogens with one attached hydrogen (secondary N) is 1. The molecule has 1 amide bonds. The Balaban J connectivity index is 2.46. The number of hydrogen-bond acceptors (Lipinski definition) is 2. The highest BCUT2D eigenvalue weighted by molar-refractivity contribution is 6.17. The molecule has 4 heteroatoms. The number of rotatable bonds is 6. The van der Waals surface area contributed by atoms with Crippen molar-refractivity contribution in [3.8, 4) is 0 Å². The predicted octanol–water partition coefficient (Wildman–Crippen LogP) is 2.84. The first-order valence-corrected chi connectivity index (χ1v) is 6.13. The summed E-state index contributed by atoms with van der Waals surface area (Å²) in [6, 6.07) is 1.71. The average molecular weight is 244 g/mol. The highest BCUT2D eigenvalue weighted by Gasteiger charge is 2.13. The third kappa shape index (κ3) is 3.56. The minimum absolute atomic E-state index is 0.0629. The monoisotopic (exact) mass is 243 g/mol. The van der Waals surface area contributed by atoms with E-state index in [4.69, 9.17) is 16.0 Å². The Kier molecular flexibility index (Phi) is 5.39. The van der Waals surface area contributed by atoms with E-state index in [-0.39, 0.29) is 5.91 Å². The first-order chi connectivity index (χ1) is 7.69. The molecule has 1 N–H and O–H groups in total. The van der Waals surface area contributed by atoms with Gasteiger partial charge in [0, 0.05) is 18.8 Å². The van der Waals surface area contributed by atoms with Crippen LogP contribution >= 0.6 is 11.6 Å². The summed E-state index contributed by atoms with van der Waals surface area (Å²) in [5, 5.41) is 2.89. The van der Waals surface area contributed by atoms with Crippen molar-refractivity contribution in [2.24, 2.45) is 5.92 Å². The minimum Gasteiger partial charge on any atom is -0.469 e. The van der Waals surface area contributed by atoms with Gasteiger partial charge in [-0.05, 0) is 18.4 Å². The number of alkyl halides is 1. The zero-order chi connectivity index (χ0) is 12.0. The van der Waals surface area contributed by atoms with E-state index in [1.165, 1.54) is 0 Å². The van der Waals surface area contributed by atoms with E-state index >= 15 is 0 Å². The first kappa shape index (κ1) is 13.1. The number of amides is 1. The number of halogens is 1. The van der Waals surface area contributed by atoms with Crippen LogP contribution in [0.25, 0.3) is 0 Å². The molecule has 3 nitrogen and oxygen atoms in total. The Hall–Kier alpha value is -0.960. The Morgan fingerprint density at radius 1 is 1.62 bits per heavy atom. The van der Waals surface area contributed by atoms with Crippen LogP contribution in [0, 0.1) is 5.92 Å². The third-order valence-electron chi connectivity index (χ3n) is 2.52. The summed E-state index contributed by atoms with van der Waals surface area (Å²) in [6.45, 7) is 4.68. The van der Waals surface area contributed by atoms with Crippen molar-refractivity contribution in [1.82, 2.24) is 5.32 Å². The summed E-state index contributed by atoms with van der Waals surface area (Å²) >= 11 is 5.63. The number of carbonyl (C=O) groups is 1. The molecule has 90 valence electrons. The van der Waals surface area contributed by atoms with Crippen LogP contribution in [-0.4, -0.2) is 18.3 Å². The first-order valence-electron chi connectivity index (χ1n) is 5.59. The van der Waals surface area contributed by atoms with Crippen LogP contribution in [0.4, 0.5) is 0 Å². The summed E-state index contributed by atoms with van der Waals surface area (Å²) in [5.74, 6) is 1.70. The molecule has 0 saturated heterocycles. The van der Waals surface area contributed by atoms with E-state index in [1.807, 2.05) is 6.92 Å². The van der Waals surface area contributed by atoms with Gasteiger partial charge in [-0.1, -0.05) is 13.8 Å². The molecule has 0 aliphatic rings. The number of carbonyl (C=O) groups excluding carboxylic acids is 1. The Morgan fingerprint density at radius 2 is 2.38 bits per heavy atom. The second-order valence-corrected chi connectivity index (χ2v) is 4.28. The SMILES string of the molecule is CCc1occc1C(=O)NCC(C)CCCl. The number of aryl methyl sites for hydroxylation is 1. The van der Waals surface area contributed by atoms with Crippen LogP contribution in [0.3, 0.4) is 0 Å². The fraction of sp³-hybridized carbons (Fsp3) is 0.583. The van der Waals surface area contributed by atoms with E-state index in [0.29, 0.717) is 23.9 Å². The minimum atomic E-state index is -0.0629. The summed E-state index contributed by atoms with van der Waals surface area (Å²) in [6.07, 6.45) is 3.19. The van der Waals surface area contributed by atoms with Gasteiger partial charge >= 0.3 is 0 Å². The van der Waals surface area contributed by atoms with Gasteiger partial charge in [0.15, 0.2) is 0 Å². The molecule has 0 aromatic carbocycles. The van der Waals surface area contributed by atoms with E-state index < -0.39 is 0 Å². The molecule has 1 atom stereocenters. The summed E-state index contributed by atoms with van der Waals surface area (Å²) in [7, 11) is 0. The lowest BCUT2D eigenvalue weighted by molar-refractivity contribution is 0.0946. The van der Waals surface area contributed by atoms with Crippen molar-refractivity contribution in [3.05, 3.63) is 23.7 Å². The van der Waals surface area contributed by atoms with Crippen molar-refractivity contribution in [2.75, 3.05) is 12.4 Å².